The largest absolute Gasteiger partial charge is 0.506 e. The number of aromatic hydroxyl groups is 1. The third-order valence-corrected chi connectivity index (χ3v) is 0.745. The smallest absolute Gasteiger partial charge is 0.135 e. The van der Waals surface area contributed by atoms with E-state index in [4.69, 9.17) is 10.8 Å². The minimum Gasteiger partial charge on any atom is -0.506 e. The Labute approximate surface area is 60.5 Å². The highest BCUT2D eigenvalue weighted by Crippen LogP contribution is 2.08. The predicted molar refractivity (Wildman–Crippen MR) is 41.7 cm³/mol. The fourth-order valence-corrected chi connectivity index (χ4v) is 0.445. The lowest BCUT2D eigenvalue weighted by molar-refractivity contribution is 0.473. The zero-order chi connectivity index (χ0) is 7.98. The molecule has 1 rings (SSSR count). The summed E-state index contributed by atoms with van der Waals surface area (Å²) in [6, 6.07) is 1.44. The minimum atomic E-state index is 0.102. The molecule has 3 heteroatoms. The van der Waals surface area contributed by atoms with Crippen LogP contribution < -0.4 is 5.73 Å². The van der Waals surface area contributed by atoms with E-state index < -0.39 is 0 Å². The van der Waals surface area contributed by atoms with Gasteiger partial charge in [-0.2, -0.15) is 0 Å². The van der Waals surface area contributed by atoms with E-state index in [1.807, 2.05) is 13.8 Å². The van der Waals surface area contributed by atoms with Crippen molar-refractivity contribution >= 4 is 5.69 Å². The third kappa shape index (κ3) is 2.91. The molecule has 0 aliphatic rings. The topological polar surface area (TPSA) is 59.1 Å². The summed E-state index contributed by atoms with van der Waals surface area (Å²) in [5.41, 5.74) is 5.71. The van der Waals surface area contributed by atoms with Crippen LogP contribution in [0.3, 0.4) is 0 Å². The molecular formula is C7H12N2O. The van der Waals surface area contributed by atoms with E-state index in [0.29, 0.717) is 5.69 Å². The van der Waals surface area contributed by atoms with Gasteiger partial charge in [-0.25, -0.2) is 0 Å². The van der Waals surface area contributed by atoms with Crippen molar-refractivity contribution in [2.45, 2.75) is 13.8 Å². The van der Waals surface area contributed by atoms with Gasteiger partial charge >= 0.3 is 0 Å². The number of pyridine rings is 1. The number of nitrogen functional groups attached to an aromatic ring is 1. The number of anilines is 1. The number of hydrogen-bond donors (Lipinski definition) is 2. The van der Waals surface area contributed by atoms with Crippen LogP contribution >= 0.6 is 0 Å². The predicted octanol–water partition coefficient (Wildman–Crippen LogP) is 1.40. The van der Waals surface area contributed by atoms with Crippen LogP contribution in [0, 0.1) is 0 Å². The van der Waals surface area contributed by atoms with Gasteiger partial charge in [0.2, 0.25) is 0 Å². The maximum atomic E-state index is 8.67. The standard InChI is InChI=1S/C5H6N2O.C2H6/c6-4-1-5(8)3-7-2-4;1-2/h1-3,8H,6H2;1-2H3. The summed E-state index contributed by atoms with van der Waals surface area (Å²) >= 11 is 0. The third-order valence-electron chi connectivity index (χ3n) is 0.745. The molecule has 0 aromatic carbocycles. The molecule has 0 amide bonds. The molecule has 0 aliphatic heterocycles. The van der Waals surface area contributed by atoms with E-state index in [9.17, 15) is 0 Å². The summed E-state index contributed by atoms with van der Waals surface area (Å²) in [7, 11) is 0. The second kappa shape index (κ2) is 4.61. The Morgan fingerprint density at radius 2 is 2.00 bits per heavy atom. The molecule has 0 bridgehead atoms. The Bertz CT molecular complexity index is 171. The molecule has 0 atom stereocenters. The average molecular weight is 140 g/mol. The highest BCUT2D eigenvalue weighted by atomic mass is 16.3. The molecule has 0 aliphatic carbocycles. The zero-order valence-electron chi connectivity index (χ0n) is 6.20. The molecule has 0 fully saturated rings. The maximum Gasteiger partial charge on any atom is 0.135 e. The SMILES string of the molecule is CC.Nc1cncc(O)c1. The molecular weight excluding hydrogens is 128 g/mol. The van der Waals surface area contributed by atoms with Crippen molar-refractivity contribution in [1.29, 1.82) is 0 Å². The Hall–Kier alpha value is -1.25. The van der Waals surface area contributed by atoms with Gasteiger partial charge in [0.25, 0.3) is 0 Å². The Morgan fingerprint density at radius 3 is 2.30 bits per heavy atom. The van der Waals surface area contributed by atoms with Crippen molar-refractivity contribution < 1.29 is 5.11 Å². The second-order valence-electron chi connectivity index (χ2n) is 1.48. The van der Waals surface area contributed by atoms with Crippen LogP contribution in [0.25, 0.3) is 0 Å². The van der Waals surface area contributed by atoms with Crippen LogP contribution in [0.5, 0.6) is 5.75 Å². The van der Waals surface area contributed by atoms with Crippen molar-refractivity contribution in [2.75, 3.05) is 5.73 Å². The van der Waals surface area contributed by atoms with Crippen molar-refractivity contribution in [2.24, 2.45) is 0 Å². The molecule has 1 aromatic heterocycles. The monoisotopic (exact) mass is 140 g/mol. The first-order valence-electron chi connectivity index (χ1n) is 3.18. The van der Waals surface area contributed by atoms with Gasteiger partial charge in [-0.05, 0) is 0 Å². The fourth-order valence-electron chi connectivity index (χ4n) is 0.445. The molecule has 0 spiro atoms. The number of hydrogen-bond acceptors (Lipinski definition) is 3. The molecule has 0 saturated heterocycles. The van der Waals surface area contributed by atoms with Crippen LogP contribution in [0.1, 0.15) is 13.8 Å². The van der Waals surface area contributed by atoms with Crippen LogP contribution in [-0.4, -0.2) is 10.1 Å². The highest BCUT2D eigenvalue weighted by molar-refractivity contribution is 5.39. The summed E-state index contributed by atoms with van der Waals surface area (Å²) in [4.78, 5) is 3.61. The molecule has 0 radical (unpaired) electrons. The second-order valence-corrected chi connectivity index (χ2v) is 1.48. The van der Waals surface area contributed by atoms with Crippen LogP contribution in [0.2, 0.25) is 0 Å². The molecule has 1 aromatic rings. The number of aromatic nitrogens is 1. The van der Waals surface area contributed by atoms with Crippen molar-refractivity contribution in [3.63, 3.8) is 0 Å². The highest BCUT2D eigenvalue weighted by Gasteiger charge is 1.84. The summed E-state index contributed by atoms with van der Waals surface area (Å²) < 4.78 is 0. The van der Waals surface area contributed by atoms with E-state index in [2.05, 4.69) is 4.98 Å². The Kier molecular flexibility index (Phi) is 4.04. The van der Waals surface area contributed by atoms with Gasteiger partial charge in [-0.15, -0.1) is 0 Å². The maximum absolute atomic E-state index is 8.67. The first-order valence-corrected chi connectivity index (χ1v) is 3.18. The van der Waals surface area contributed by atoms with Gasteiger partial charge in [0.1, 0.15) is 5.75 Å². The van der Waals surface area contributed by atoms with E-state index in [0.717, 1.165) is 0 Å². The lowest BCUT2D eigenvalue weighted by Crippen LogP contribution is -1.83. The molecule has 0 unspecified atom stereocenters. The van der Waals surface area contributed by atoms with Crippen molar-refractivity contribution in [3.05, 3.63) is 18.5 Å². The quantitative estimate of drug-likeness (QED) is 0.572. The zero-order valence-corrected chi connectivity index (χ0v) is 6.20. The number of nitrogens with two attached hydrogens (primary N) is 1. The Morgan fingerprint density at radius 1 is 1.40 bits per heavy atom. The normalized spacial score (nSPS) is 7.80. The van der Waals surface area contributed by atoms with Crippen LogP contribution in [0.4, 0.5) is 5.69 Å². The van der Waals surface area contributed by atoms with E-state index in [-0.39, 0.29) is 5.75 Å². The first-order chi connectivity index (χ1) is 4.79. The number of nitrogens with zero attached hydrogens (tertiary/aromatic N) is 1. The minimum absolute atomic E-state index is 0.102. The van der Waals surface area contributed by atoms with Gasteiger partial charge < -0.3 is 10.8 Å². The average Bonchev–Trinajstić information content (AvgIpc) is 1.91. The van der Waals surface area contributed by atoms with Gasteiger partial charge in [0.15, 0.2) is 0 Å². The fraction of sp³-hybridized carbons (Fsp3) is 0.286. The van der Waals surface area contributed by atoms with Crippen LogP contribution in [0.15, 0.2) is 18.5 Å². The number of rotatable bonds is 0. The van der Waals surface area contributed by atoms with Gasteiger partial charge in [0.05, 0.1) is 18.1 Å². The molecule has 3 N–H and O–H groups in total. The summed E-state index contributed by atoms with van der Waals surface area (Å²) in [6.07, 6.45) is 2.80. The molecule has 10 heavy (non-hydrogen) atoms. The lowest BCUT2D eigenvalue weighted by Gasteiger charge is -1.89. The van der Waals surface area contributed by atoms with E-state index >= 15 is 0 Å². The van der Waals surface area contributed by atoms with Crippen LogP contribution in [-0.2, 0) is 0 Å². The van der Waals surface area contributed by atoms with E-state index in [1.54, 1.807) is 0 Å². The van der Waals surface area contributed by atoms with E-state index in [1.165, 1.54) is 18.5 Å². The van der Waals surface area contributed by atoms with Crippen molar-refractivity contribution in [3.8, 4) is 5.75 Å². The summed E-state index contributed by atoms with van der Waals surface area (Å²) in [5, 5.41) is 8.67. The van der Waals surface area contributed by atoms with Crippen molar-refractivity contribution in [1.82, 2.24) is 4.98 Å². The van der Waals surface area contributed by atoms with Gasteiger partial charge in [-0.1, -0.05) is 13.8 Å². The first kappa shape index (κ1) is 8.75. The molecule has 0 saturated carbocycles. The molecule has 1 heterocycles. The molecule has 56 valence electrons. The van der Waals surface area contributed by atoms with Gasteiger partial charge in [-0.3, -0.25) is 4.98 Å². The lowest BCUT2D eigenvalue weighted by atomic mass is 10.4. The molecule has 3 nitrogen and oxygen atoms in total. The summed E-state index contributed by atoms with van der Waals surface area (Å²) in [5.74, 6) is 0.102. The Balaban J connectivity index is 0.000000371. The van der Waals surface area contributed by atoms with Gasteiger partial charge in [0, 0.05) is 6.07 Å². The summed E-state index contributed by atoms with van der Waals surface area (Å²) in [6.45, 7) is 4.00.